The minimum Gasteiger partial charge on any atom is -0.342 e. The van der Waals surface area contributed by atoms with Gasteiger partial charge in [-0.2, -0.15) is 0 Å². The number of piperidine rings is 1. The highest BCUT2D eigenvalue weighted by molar-refractivity contribution is 6.30. The van der Waals surface area contributed by atoms with E-state index in [-0.39, 0.29) is 0 Å². The third kappa shape index (κ3) is 2.99. The van der Waals surface area contributed by atoms with E-state index in [1.54, 1.807) is 0 Å². The molecule has 3 aliphatic carbocycles. The second-order valence-corrected chi connectivity index (χ2v) is 11.6. The molecule has 29 heavy (non-hydrogen) atoms. The fourth-order valence-corrected chi connectivity index (χ4v) is 8.63. The summed E-state index contributed by atoms with van der Waals surface area (Å²) in [5.74, 6) is 3.72. The smallest absolute Gasteiger partial charge is 0.222 e. The molecule has 0 radical (unpaired) electrons. The summed E-state index contributed by atoms with van der Waals surface area (Å²) < 4.78 is 0. The molecular formula is C26H36ClNO. The van der Waals surface area contributed by atoms with E-state index in [2.05, 4.69) is 37.9 Å². The summed E-state index contributed by atoms with van der Waals surface area (Å²) in [5.41, 5.74) is 2.27. The molecule has 1 heterocycles. The third-order valence-corrected chi connectivity index (χ3v) is 10.4. The molecule has 1 aromatic rings. The lowest BCUT2D eigenvalue weighted by atomic mass is 9.46. The standard InChI is InChI=1S/C26H36ClNO/c1-25-14-12-22-20(9-11-23-26(22,2)15-13-24(29)28(23)3)21(25)10-6-18(25)16-17-4-7-19(27)8-5-17/h4-5,7-8,18,20-23H,6,9-16H2,1-3H3/t18-,20+,21+,22+,23-,25-,26-/m1/s1. The molecule has 0 unspecified atom stereocenters. The second-order valence-electron chi connectivity index (χ2n) is 11.1. The molecule has 1 saturated heterocycles. The molecule has 7 atom stereocenters. The molecule has 4 fully saturated rings. The van der Waals surface area contributed by atoms with Crippen LogP contribution in [-0.2, 0) is 11.2 Å². The zero-order valence-electron chi connectivity index (χ0n) is 18.3. The van der Waals surface area contributed by atoms with Crippen LogP contribution in [0.3, 0.4) is 0 Å². The third-order valence-electron chi connectivity index (χ3n) is 10.1. The Labute approximate surface area is 181 Å². The number of benzene rings is 1. The van der Waals surface area contributed by atoms with Crippen LogP contribution in [0.15, 0.2) is 24.3 Å². The van der Waals surface area contributed by atoms with E-state index in [1.807, 2.05) is 12.1 Å². The van der Waals surface area contributed by atoms with Gasteiger partial charge in [-0.1, -0.05) is 37.6 Å². The average molecular weight is 414 g/mol. The van der Waals surface area contributed by atoms with Crippen LogP contribution in [0.1, 0.15) is 70.8 Å². The number of likely N-dealkylation sites (tertiary alicyclic amines) is 1. The quantitative estimate of drug-likeness (QED) is 0.552. The van der Waals surface area contributed by atoms with Crippen LogP contribution in [0.25, 0.3) is 0 Å². The van der Waals surface area contributed by atoms with E-state index in [0.717, 1.165) is 41.5 Å². The van der Waals surface area contributed by atoms with Gasteiger partial charge in [0.15, 0.2) is 0 Å². The van der Waals surface area contributed by atoms with Crippen molar-refractivity contribution in [2.45, 2.75) is 77.7 Å². The van der Waals surface area contributed by atoms with Crippen molar-refractivity contribution in [3.8, 4) is 0 Å². The van der Waals surface area contributed by atoms with Gasteiger partial charge >= 0.3 is 0 Å². The van der Waals surface area contributed by atoms with Gasteiger partial charge in [0.25, 0.3) is 0 Å². The Kier molecular flexibility index (Phi) is 4.81. The van der Waals surface area contributed by atoms with Gasteiger partial charge in [-0.15, -0.1) is 0 Å². The van der Waals surface area contributed by atoms with E-state index < -0.39 is 0 Å². The zero-order chi connectivity index (χ0) is 20.4. The number of carbonyl (C=O) groups excluding carboxylic acids is 1. The maximum absolute atomic E-state index is 12.3. The van der Waals surface area contributed by atoms with Crippen LogP contribution >= 0.6 is 11.6 Å². The molecule has 5 rings (SSSR count). The predicted octanol–water partition coefficient (Wildman–Crippen LogP) is 6.36. The van der Waals surface area contributed by atoms with Crippen LogP contribution in [0.5, 0.6) is 0 Å². The second kappa shape index (κ2) is 7.01. The molecule has 0 aromatic heterocycles. The zero-order valence-corrected chi connectivity index (χ0v) is 19.0. The van der Waals surface area contributed by atoms with Gasteiger partial charge in [-0.05, 0) is 104 Å². The van der Waals surface area contributed by atoms with Gasteiger partial charge in [-0.3, -0.25) is 4.79 Å². The van der Waals surface area contributed by atoms with E-state index in [0.29, 0.717) is 22.8 Å². The van der Waals surface area contributed by atoms with Crippen LogP contribution in [0, 0.1) is 34.5 Å². The minimum atomic E-state index is 0.334. The first-order chi connectivity index (χ1) is 13.8. The Hall–Kier alpha value is -1.02. The van der Waals surface area contributed by atoms with Gasteiger partial charge < -0.3 is 4.90 Å². The summed E-state index contributed by atoms with van der Waals surface area (Å²) in [5, 5.41) is 0.839. The van der Waals surface area contributed by atoms with Crippen molar-refractivity contribution in [1.82, 2.24) is 4.90 Å². The largest absolute Gasteiger partial charge is 0.342 e. The molecule has 3 heteroatoms. The highest BCUT2D eigenvalue weighted by atomic mass is 35.5. The molecule has 3 saturated carbocycles. The Morgan fingerprint density at radius 1 is 0.966 bits per heavy atom. The Morgan fingerprint density at radius 2 is 1.69 bits per heavy atom. The number of carbonyl (C=O) groups is 1. The molecule has 4 aliphatic rings. The van der Waals surface area contributed by atoms with Gasteiger partial charge in [0.1, 0.15) is 0 Å². The van der Waals surface area contributed by atoms with Gasteiger partial charge in [0, 0.05) is 24.5 Å². The molecule has 0 bridgehead atoms. The number of hydrogen-bond acceptors (Lipinski definition) is 1. The summed E-state index contributed by atoms with van der Waals surface area (Å²) >= 11 is 6.11. The Bertz CT molecular complexity index is 790. The van der Waals surface area contributed by atoms with Crippen molar-refractivity contribution in [2.75, 3.05) is 7.05 Å². The molecule has 1 amide bonds. The van der Waals surface area contributed by atoms with Crippen molar-refractivity contribution in [3.63, 3.8) is 0 Å². The lowest BCUT2D eigenvalue weighted by molar-refractivity contribution is -0.158. The number of hydrogen-bond donors (Lipinski definition) is 0. The van der Waals surface area contributed by atoms with Gasteiger partial charge in [0.05, 0.1) is 0 Å². The van der Waals surface area contributed by atoms with Crippen LogP contribution in [0.2, 0.25) is 5.02 Å². The number of rotatable bonds is 2. The van der Waals surface area contributed by atoms with Crippen LogP contribution in [0.4, 0.5) is 0 Å². The van der Waals surface area contributed by atoms with Crippen molar-refractivity contribution < 1.29 is 4.79 Å². The molecular weight excluding hydrogens is 378 g/mol. The minimum absolute atomic E-state index is 0.334. The van der Waals surface area contributed by atoms with Crippen molar-refractivity contribution >= 4 is 17.5 Å². The van der Waals surface area contributed by atoms with Crippen molar-refractivity contribution in [1.29, 1.82) is 0 Å². The van der Waals surface area contributed by atoms with Gasteiger partial charge in [-0.25, -0.2) is 0 Å². The van der Waals surface area contributed by atoms with Crippen molar-refractivity contribution in [3.05, 3.63) is 34.9 Å². The van der Waals surface area contributed by atoms with Crippen molar-refractivity contribution in [2.24, 2.45) is 34.5 Å². The number of nitrogens with zero attached hydrogens (tertiary/aromatic N) is 1. The summed E-state index contributed by atoms with van der Waals surface area (Å²) in [4.78, 5) is 14.5. The summed E-state index contributed by atoms with van der Waals surface area (Å²) in [7, 11) is 2.06. The topological polar surface area (TPSA) is 20.3 Å². The average Bonchev–Trinajstić information content (AvgIpc) is 3.03. The van der Waals surface area contributed by atoms with Crippen LogP contribution in [-0.4, -0.2) is 23.9 Å². The highest BCUT2D eigenvalue weighted by Crippen LogP contribution is 2.66. The monoisotopic (exact) mass is 413 g/mol. The first-order valence-electron chi connectivity index (χ1n) is 11.8. The fourth-order valence-electron chi connectivity index (χ4n) is 8.50. The summed E-state index contributed by atoms with van der Waals surface area (Å²) in [6, 6.07) is 9.02. The predicted molar refractivity (Wildman–Crippen MR) is 119 cm³/mol. The first-order valence-corrected chi connectivity index (χ1v) is 12.2. The maximum Gasteiger partial charge on any atom is 0.222 e. The molecule has 2 nitrogen and oxygen atoms in total. The highest BCUT2D eigenvalue weighted by Gasteiger charge is 2.60. The van der Waals surface area contributed by atoms with Crippen LogP contribution < -0.4 is 0 Å². The molecule has 1 aromatic carbocycles. The number of halogens is 1. The van der Waals surface area contributed by atoms with E-state index in [4.69, 9.17) is 11.6 Å². The first kappa shape index (κ1) is 19.9. The van der Waals surface area contributed by atoms with Gasteiger partial charge in [0.2, 0.25) is 5.91 Å². The lowest BCUT2D eigenvalue weighted by Gasteiger charge is -2.62. The number of fused-ring (bicyclic) bond motifs is 5. The Morgan fingerprint density at radius 3 is 2.45 bits per heavy atom. The fraction of sp³-hybridized carbons (Fsp3) is 0.731. The summed E-state index contributed by atoms with van der Waals surface area (Å²) in [6.07, 6.45) is 11.1. The summed E-state index contributed by atoms with van der Waals surface area (Å²) in [6.45, 7) is 5.15. The lowest BCUT2D eigenvalue weighted by Crippen LogP contribution is -2.61. The molecule has 1 aliphatic heterocycles. The maximum atomic E-state index is 12.3. The normalized spacial score (nSPS) is 44.2. The van der Waals surface area contributed by atoms with E-state index in [9.17, 15) is 4.79 Å². The molecule has 0 N–H and O–H groups in total. The molecule has 0 spiro atoms. The van der Waals surface area contributed by atoms with E-state index in [1.165, 1.54) is 50.5 Å². The number of amides is 1. The van der Waals surface area contributed by atoms with E-state index >= 15 is 0 Å². The Balaban J connectivity index is 1.37. The molecule has 158 valence electrons. The SMILES string of the molecule is CN1C(=O)CC[C@]2(C)[C@H]3CC[C@]4(C)[C@@H](Cc5ccc(Cl)cc5)CC[C@H]4[C@@H]3CC[C@@H]12.